The first-order chi connectivity index (χ1) is 10.8. The highest BCUT2D eigenvalue weighted by molar-refractivity contribution is 5.13. The van der Waals surface area contributed by atoms with E-state index < -0.39 is 0 Å². The van der Waals surface area contributed by atoms with Crippen molar-refractivity contribution in [1.29, 1.82) is 0 Å². The predicted molar refractivity (Wildman–Crippen MR) is 87.7 cm³/mol. The van der Waals surface area contributed by atoms with Crippen molar-refractivity contribution in [3.8, 4) is 0 Å². The fraction of sp³-hybridized carbons (Fsp3) is 0.667. The zero-order valence-electron chi connectivity index (χ0n) is 13.9. The van der Waals surface area contributed by atoms with E-state index in [1.54, 1.807) is 14.2 Å². The van der Waals surface area contributed by atoms with Gasteiger partial charge < -0.3 is 19.1 Å². The summed E-state index contributed by atoms with van der Waals surface area (Å²) < 4.78 is 16.3. The smallest absolute Gasteiger partial charge is 0.156 e. The zero-order chi connectivity index (χ0) is 15.6. The van der Waals surface area contributed by atoms with Crippen LogP contribution in [0.5, 0.6) is 0 Å². The van der Waals surface area contributed by atoms with Crippen LogP contribution >= 0.6 is 0 Å². The first kappa shape index (κ1) is 17.4. The number of methoxy groups -OCH3 is 2. The third-order valence-corrected chi connectivity index (χ3v) is 4.28. The number of benzene rings is 1. The second kappa shape index (κ2) is 9.95. The van der Waals surface area contributed by atoms with Gasteiger partial charge in [-0.3, -0.25) is 0 Å². The Bertz CT molecular complexity index is 395. The second-order valence-electron chi connectivity index (χ2n) is 6.00. The van der Waals surface area contributed by atoms with E-state index in [0.29, 0.717) is 5.92 Å². The summed E-state index contributed by atoms with van der Waals surface area (Å²) >= 11 is 0. The lowest BCUT2D eigenvalue weighted by molar-refractivity contribution is -0.107. The molecule has 0 spiro atoms. The third kappa shape index (κ3) is 6.05. The molecule has 2 rings (SSSR count). The molecule has 0 amide bonds. The Hall–Kier alpha value is -0.940. The fourth-order valence-corrected chi connectivity index (χ4v) is 2.98. The molecule has 1 aliphatic heterocycles. The molecule has 124 valence electrons. The van der Waals surface area contributed by atoms with Crippen LogP contribution in [0.1, 0.15) is 24.8 Å². The summed E-state index contributed by atoms with van der Waals surface area (Å²) in [7, 11) is 3.40. The van der Waals surface area contributed by atoms with Gasteiger partial charge >= 0.3 is 0 Å². The molecule has 1 heterocycles. The molecule has 1 aliphatic rings. The van der Waals surface area contributed by atoms with Crippen LogP contribution in [0.2, 0.25) is 0 Å². The number of nitrogens with zero attached hydrogens (tertiary/aromatic N) is 1. The molecule has 0 N–H and O–H groups in total. The topological polar surface area (TPSA) is 30.9 Å². The van der Waals surface area contributed by atoms with Crippen LogP contribution in [0, 0.1) is 5.92 Å². The normalized spacial score (nSPS) is 19.1. The van der Waals surface area contributed by atoms with Crippen molar-refractivity contribution in [2.75, 3.05) is 40.5 Å². The highest BCUT2D eigenvalue weighted by Crippen LogP contribution is 2.18. The van der Waals surface area contributed by atoms with E-state index in [9.17, 15) is 0 Å². The Morgan fingerprint density at radius 1 is 1.18 bits per heavy atom. The standard InChI is InChI=1S/C18H29NO3/c1-20-18(21-2)9-6-11-19-12-10-17(13-19)15-22-14-16-7-4-3-5-8-16/h3-5,7-8,17-18H,6,9-15H2,1-2H3/t17-/m0/s1. The summed E-state index contributed by atoms with van der Waals surface area (Å²) in [6.45, 7) is 5.05. The summed E-state index contributed by atoms with van der Waals surface area (Å²) in [5.74, 6) is 0.671. The quantitative estimate of drug-likeness (QED) is 0.622. The molecule has 0 aliphatic carbocycles. The highest BCUT2D eigenvalue weighted by atomic mass is 16.7. The van der Waals surface area contributed by atoms with E-state index in [4.69, 9.17) is 14.2 Å². The fourth-order valence-electron chi connectivity index (χ4n) is 2.98. The summed E-state index contributed by atoms with van der Waals surface area (Å²) in [6.07, 6.45) is 3.25. The average molecular weight is 307 g/mol. The molecule has 22 heavy (non-hydrogen) atoms. The maximum atomic E-state index is 5.86. The Balaban J connectivity index is 1.55. The van der Waals surface area contributed by atoms with Gasteiger partial charge in [0.2, 0.25) is 0 Å². The Morgan fingerprint density at radius 3 is 2.68 bits per heavy atom. The summed E-state index contributed by atoms with van der Waals surface area (Å²) in [5.41, 5.74) is 1.25. The van der Waals surface area contributed by atoms with Gasteiger partial charge in [0.1, 0.15) is 0 Å². The number of hydrogen-bond acceptors (Lipinski definition) is 4. The van der Waals surface area contributed by atoms with Gasteiger partial charge in [-0.15, -0.1) is 0 Å². The lowest BCUT2D eigenvalue weighted by atomic mass is 10.1. The van der Waals surface area contributed by atoms with Crippen molar-refractivity contribution in [2.45, 2.75) is 32.2 Å². The first-order valence-corrected chi connectivity index (χ1v) is 8.21. The van der Waals surface area contributed by atoms with Crippen molar-refractivity contribution < 1.29 is 14.2 Å². The SMILES string of the molecule is COC(CCCN1CC[C@H](COCc2ccccc2)C1)OC. The van der Waals surface area contributed by atoms with Gasteiger partial charge in [-0.05, 0) is 43.8 Å². The number of rotatable bonds is 10. The molecule has 1 aromatic carbocycles. The molecule has 0 saturated carbocycles. The largest absolute Gasteiger partial charge is 0.376 e. The van der Waals surface area contributed by atoms with Crippen LogP contribution in [-0.2, 0) is 20.8 Å². The average Bonchev–Trinajstić information content (AvgIpc) is 3.00. The molecule has 0 radical (unpaired) electrons. The number of likely N-dealkylation sites (tertiary alicyclic amines) is 1. The predicted octanol–water partition coefficient (Wildman–Crippen LogP) is 2.92. The van der Waals surface area contributed by atoms with E-state index in [1.807, 2.05) is 6.07 Å². The van der Waals surface area contributed by atoms with Crippen LogP contribution in [-0.4, -0.2) is 51.7 Å². The van der Waals surface area contributed by atoms with Crippen LogP contribution in [0.25, 0.3) is 0 Å². The molecule has 1 fully saturated rings. The van der Waals surface area contributed by atoms with E-state index >= 15 is 0 Å². The molecule has 4 nitrogen and oxygen atoms in total. The van der Waals surface area contributed by atoms with E-state index in [2.05, 4.69) is 29.2 Å². The van der Waals surface area contributed by atoms with E-state index in [-0.39, 0.29) is 6.29 Å². The molecule has 1 atom stereocenters. The summed E-state index contributed by atoms with van der Waals surface area (Å²) in [5, 5.41) is 0. The number of hydrogen-bond donors (Lipinski definition) is 0. The molecular formula is C18H29NO3. The summed E-state index contributed by atoms with van der Waals surface area (Å²) in [6, 6.07) is 10.4. The van der Waals surface area contributed by atoms with Gasteiger partial charge in [0.05, 0.1) is 13.2 Å². The Labute approximate surface area is 134 Å². The van der Waals surface area contributed by atoms with Crippen LogP contribution in [0.4, 0.5) is 0 Å². The lowest BCUT2D eigenvalue weighted by Crippen LogP contribution is -2.24. The van der Waals surface area contributed by atoms with Crippen LogP contribution in [0.3, 0.4) is 0 Å². The minimum atomic E-state index is -0.0624. The highest BCUT2D eigenvalue weighted by Gasteiger charge is 2.22. The van der Waals surface area contributed by atoms with Gasteiger partial charge in [-0.25, -0.2) is 0 Å². The molecule has 1 saturated heterocycles. The minimum Gasteiger partial charge on any atom is -0.376 e. The minimum absolute atomic E-state index is 0.0624. The number of ether oxygens (including phenoxy) is 3. The van der Waals surface area contributed by atoms with Gasteiger partial charge in [-0.2, -0.15) is 0 Å². The maximum absolute atomic E-state index is 5.86. The molecule has 0 bridgehead atoms. The van der Waals surface area contributed by atoms with E-state index in [1.165, 1.54) is 18.5 Å². The Morgan fingerprint density at radius 2 is 1.95 bits per heavy atom. The second-order valence-corrected chi connectivity index (χ2v) is 6.00. The Kier molecular flexibility index (Phi) is 7.88. The van der Waals surface area contributed by atoms with Gasteiger partial charge in [-0.1, -0.05) is 30.3 Å². The molecule has 1 aromatic rings. The monoisotopic (exact) mass is 307 g/mol. The van der Waals surface area contributed by atoms with Gasteiger partial charge in [0.15, 0.2) is 6.29 Å². The molecule has 0 unspecified atom stereocenters. The summed E-state index contributed by atoms with van der Waals surface area (Å²) in [4.78, 5) is 2.53. The van der Waals surface area contributed by atoms with E-state index in [0.717, 1.165) is 39.1 Å². The van der Waals surface area contributed by atoms with Crippen molar-refractivity contribution in [1.82, 2.24) is 4.90 Å². The van der Waals surface area contributed by atoms with Crippen LogP contribution < -0.4 is 0 Å². The third-order valence-electron chi connectivity index (χ3n) is 4.28. The first-order valence-electron chi connectivity index (χ1n) is 8.21. The maximum Gasteiger partial charge on any atom is 0.156 e. The lowest BCUT2D eigenvalue weighted by Gasteiger charge is -2.18. The van der Waals surface area contributed by atoms with Crippen molar-refractivity contribution in [3.05, 3.63) is 35.9 Å². The van der Waals surface area contributed by atoms with Gasteiger partial charge in [0, 0.05) is 20.8 Å². The van der Waals surface area contributed by atoms with Crippen molar-refractivity contribution >= 4 is 0 Å². The van der Waals surface area contributed by atoms with Crippen LogP contribution in [0.15, 0.2) is 30.3 Å². The zero-order valence-corrected chi connectivity index (χ0v) is 13.9. The van der Waals surface area contributed by atoms with Crippen molar-refractivity contribution in [3.63, 3.8) is 0 Å². The van der Waals surface area contributed by atoms with Gasteiger partial charge in [0.25, 0.3) is 0 Å². The van der Waals surface area contributed by atoms with Crippen molar-refractivity contribution in [2.24, 2.45) is 5.92 Å². The molecule has 4 heteroatoms. The molecular weight excluding hydrogens is 278 g/mol. The molecule has 0 aromatic heterocycles.